The van der Waals surface area contributed by atoms with Gasteiger partial charge in [-0.15, -0.1) is 0 Å². The van der Waals surface area contributed by atoms with Crippen molar-refractivity contribution in [2.75, 3.05) is 0 Å². The number of aliphatic hydroxyl groups excluding tert-OH is 1. The molecular weight excluding hydrogens is 408 g/mol. The number of hydrogen-bond donors (Lipinski definition) is 2. The quantitative estimate of drug-likeness (QED) is 0.409. The number of hydrogen-bond acceptors (Lipinski definition) is 2. The summed E-state index contributed by atoms with van der Waals surface area (Å²) in [7, 11) is 0. The van der Waals surface area contributed by atoms with E-state index < -0.39 is 11.4 Å². The molecule has 0 aromatic carbocycles. The monoisotopic (exact) mass is 456 g/mol. The molecule has 0 aromatic rings. The summed E-state index contributed by atoms with van der Waals surface area (Å²) in [6.45, 7) is 16.6. The van der Waals surface area contributed by atoms with E-state index in [-0.39, 0.29) is 33.2 Å². The summed E-state index contributed by atoms with van der Waals surface area (Å²) in [5.74, 6) is 0.675. The summed E-state index contributed by atoms with van der Waals surface area (Å²) in [5, 5.41) is 22.0. The third-order valence-electron chi connectivity index (χ3n) is 12.9. The Hall–Kier alpha value is -0.830. The first-order valence-corrected chi connectivity index (χ1v) is 13.8. The first-order chi connectivity index (χ1) is 15.1. The molecule has 0 aliphatic heterocycles. The van der Waals surface area contributed by atoms with Crippen LogP contribution in [-0.2, 0) is 4.79 Å². The third-order valence-corrected chi connectivity index (χ3v) is 12.9. The van der Waals surface area contributed by atoms with Gasteiger partial charge in [-0.1, -0.05) is 60.1 Å². The van der Waals surface area contributed by atoms with Gasteiger partial charge in [-0.2, -0.15) is 0 Å². The summed E-state index contributed by atoms with van der Waals surface area (Å²) in [6.07, 6.45) is 12.6. The smallest absolute Gasteiger partial charge is 0.314 e. The number of carboxylic acid groups (broad SMARTS) is 1. The van der Waals surface area contributed by atoms with E-state index in [1.807, 2.05) is 0 Å². The molecule has 0 radical (unpaired) electrons. The van der Waals surface area contributed by atoms with Crippen LogP contribution in [0.4, 0.5) is 0 Å². The van der Waals surface area contributed by atoms with Crippen LogP contribution >= 0.6 is 0 Å². The van der Waals surface area contributed by atoms with E-state index in [1.165, 1.54) is 18.4 Å². The van der Waals surface area contributed by atoms with Crippen LogP contribution in [0.5, 0.6) is 0 Å². The fraction of sp³-hybridized carbons (Fsp3) is 0.900. The van der Waals surface area contributed by atoms with Gasteiger partial charge in [0.1, 0.15) is 0 Å². The van der Waals surface area contributed by atoms with Gasteiger partial charge in [-0.05, 0) is 109 Å². The van der Waals surface area contributed by atoms with Gasteiger partial charge in [-0.3, -0.25) is 4.79 Å². The van der Waals surface area contributed by atoms with Crippen molar-refractivity contribution in [2.45, 2.75) is 119 Å². The van der Waals surface area contributed by atoms with Gasteiger partial charge in [0.25, 0.3) is 0 Å². The lowest BCUT2D eigenvalue weighted by Gasteiger charge is -2.70. The fourth-order valence-corrected chi connectivity index (χ4v) is 10.6. The molecule has 0 amide bonds. The van der Waals surface area contributed by atoms with Crippen LogP contribution in [0.3, 0.4) is 0 Å². The molecule has 0 spiro atoms. The average Bonchev–Trinajstić information content (AvgIpc) is 2.71. The SMILES string of the molecule is CC1(C)CC[C@@]2(C)CC[C@]3(C(=O)O)C(=CC[C@H]4[C@@]5(C)CC[C@H](O)C(C)(C)[C@H]5CC[C@]43C)[C@H]2C1. The number of rotatable bonds is 1. The molecule has 186 valence electrons. The zero-order valence-electron chi connectivity index (χ0n) is 22.3. The van der Waals surface area contributed by atoms with Crippen molar-refractivity contribution in [3.63, 3.8) is 0 Å². The molecular formula is C30H48O3. The minimum absolute atomic E-state index is 0.0901. The highest BCUT2D eigenvalue weighted by Crippen LogP contribution is 2.75. The maximum Gasteiger partial charge on any atom is 0.314 e. The normalized spacial score (nSPS) is 52.4. The highest BCUT2D eigenvalue weighted by molar-refractivity contribution is 5.81. The largest absolute Gasteiger partial charge is 0.481 e. The second-order valence-electron chi connectivity index (χ2n) is 15.1. The highest BCUT2D eigenvalue weighted by Gasteiger charge is 2.71. The van der Waals surface area contributed by atoms with E-state index in [0.29, 0.717) is 17.8 Å². The number of aliphatic hydroxyl groups is 1. The summed E-state index contributed by atoms with van der Waals surface area (Å²) >= 11 is 0. The molecule has 5 aliphatic rings. The van der Waals surface area contributed by atoms with Gasteiger partial charge < -0.3 is 10.2 Å². The highest BCUT2D eigenvalue weighted by atomic mass is 16.4. The Labute approximate surface area is 201 Å². The standard InChI is InChI=1S/C30H48O3/c1-25(2)14-15-27(5)16-17-30(24(32)33)19(20(27)18-25)8-9-22-28(6)12-11-23(31)26(3,4)21(28)10-13-29(22,30)7/h8,20-23,31H,9-18H2,1-7H3,(H,32,33)/t20-,21-,22+,23+,27+,28+,29-,30-/m1/s1. The lowest BCUT2D eigenvalue weighted by atomic mass is 9.33. The van der Waals surface area contributed by atoms with Crippen LogP contribution in [0, 0.1) is 50.2 Å². The topological polar surface area (TPSA) is 57.5 Å². The molecule has 3 heteroatoms. The van der Waals surface area contributed by atoms with Crippen LogP contribution in [0.25, 0.3) is 0 Å². The molecule has 4 fully saturated rings. The molecule has 5 aliphatic carbocycles. The van der Waals surface area contributed by atoms with Gasteiger partial charge in [-0.25, -0.2) is 0 Å². The molecule has 0 bridgehead atoms. The Morgan fingerprint density at radius 3 is 2.21 bits per heavy atom. The fourth-order valence-electron chi connectivity index (χ4n) is 10.6. The van der Waals surface area contributed by atoms with Crippen molar-refractivity contribution in [3.8, 4) is 0 Å². The van der Waals surface area contributed by atoms with E-state index in [1.54, 1.807) is 0 Å². The van der Waals surface area contributed by atoms with E-state index in [0.717, 1.165) is 51.4 Å². The average molecular weight is 457 g/mol. The van der Waals surface area contributed by atoms with Gasteiger partial charge in [0.2, 0.25) is 0 Å². The number of carboxylic acids is 1. The molecule has 0 saturated heterocycles. The lowest BCUT2D eigenvalue weighted by molar-refractivity contribution is -0.213. The Morgan fingerprint density at radius 2 is 1.55 bits per heavy atom. The molecule has 33 heavy (non-hydrogen) atoms. The summed E-state index contributed by atoms with van der Waals surface area (Å²) in [4.78, 5) is 13.5. The van der Waals surface area contributed by atoms with Gasteiger partial charge in [0, 0.05) is 0 Å². The van der Waals surface area contributed by atoms with E-state index in [4.69, 9.17) is 0 Å². The second-order valence-corrected chi connectivity index (χ2v) is 15.1. The van der Waals surface area contributed by atoms with Crippen molar-refractivity contribution in [3.05, 3.63) is 11.6 Å². The maximum atomic E-state index is 13.5. The second kappa shape index (κ2) is 6.89. The van der Waals surface area contributed by atoms with Crippen LogP contribution in [0.2, 0.25) is 0 Å². The molecule has 0 unspecified atom stereocenters. The first kappa shape index (κ1) is 23.9. The molecule has 0 aromatic heterocycles. The predicted molar refractivity (Wildman–Crippen MR) is 133 cm³/mol. The van der Waals surface area contributed by atoms with Crippen LogP contribution in [0.15, 0.2) is 11.6 Å². The third kappa shape index (κ3) is 2.87. The minimum atomic E-state index is -0.721. The van der Waals surface area contributed by atoms with Crippen LogP contribution < -0.4 is 0 Å². The van der Waals surface area contributed by atoms with Crippen LogP contribution in [-0.4, -0.2) is 22.3 Å². The van der Waals surface area contributed by atoms with Crippen LogP contribution in [0.1, 0.15) is 113 Å². The van der Waals surface area contributed by atoms with Crippen molar-refractivity contribution >= 4 is 5.97 Å². The molecule has 2 N–H and O–H groups in total. The van der Waals surface area contributed by atoms with E-state index in [2.05, 4.69) is 54.5 Å². The Balaban J connectivity index is 1.64. The van der Waals surface area contributed by atoms with Crippen molar-refractivity contribution < 1.29 is 15.0 Å². The van der Waals surface area contributed by atoms with Gasteiger partial charge >= 0.3 is 5.97 Å². The Kier molecular flexibility index (Phi) is 4.99. The van der Waals surface area contributed by atoms with Crippen molar-refractivity contribution in [1.29, 1.82) is 0 Å². The predicted octanol–water partition coefficient (Wildman–Crippen LogP) is 7.23. The molecule has 3 nitrogen and oxygen atoms in total. The zero-order chi connectivity index (χ0) is 24.2. The Bertz CT molecular complexity index is 885. The number of allylic oxidation sites excluding steroid dienone is 1. The van der Waals surface area contributed by atoms with Gasteiger partial charge in [0.05, 0.1) is 11.5 Å². The number of aliphatic carboxylic acids is 1. The summed E-state index contributed by atoms with van der Waals surface area (Å²) in [6, 6.07) is 0. The van der Waals surface area contributed by atoms with Crippen molar-refractivity contribution in [2.24, 2.45) is 50.2 Å². The molecule has 5 rings (SSSR count). The maximum absolute atomic E-state index is 13.5. The minimum Gasteiger partial charge on any atom is -0.481 e. The zero-order valence-corrected chi connectivity index (χ0v) is 22.3. The molecule has 4 saturated carbocycles. The number of fused-ring (bicyclic) bond motifs is 7. The van der Waals surface area contributed by atoms with E-state index >= 15 is 0 Å². The van der Waals surface area contributed by atoms with E-state index in [9.17, 15) is 15.0 Å². The Morgan fingerprint density at radius 1 is 0.879 bits per heavy atom. The molecule has 0 heterocycles. The first-order valence-electron chi connectivity index (χ1n) is 13.8. The number of carbonyl (C=O) groups is 1. The van der Waals surface area contributed by atoms with Gasteiger partial charge in [0.15, 0.2) is 0 Å². The summed E-state index contributed by atoms with van der Waals surface area (Å²) < 4.78 is 0. The summed E-state index contributed by atoms with van der Waals surface area (Å²) in [5.41, 5.74) is 0.906. The molecule has 8 atom stereocenters. The van der Waals surface area contributed by atoms with Crippen molar-refractivity contribution in [1.82, 2.24) is 0 Å². The lowest BCUT2D eigenvalue weighted by Crippen LogP contribution is -2.66.